The fourth-order valence-corrected chi connectivity index (χ4v) is 3.25. The lowest BCUT2D eigenvalue weighted by Gasteiger charge is -2.20. The number of para-hydroxylation sites is 1. The number of carbonyl (C=O) groups is 1. The van der Waals surface area contributed by atoms with Crippen LogP contribution in [-0.4, -0.2) is 23.1 Å². The lowest BCUT2D eigenvalue weighted by atomic mass is 10.1. The molecule has 1 aromatic heterocycles. The first-order chi connectivity index (χ1) is 11.1. The molecule has 1 heterocycles. The number of anilines is 1. The highest BCUT2D eigenvalue weighted by atomic mass is 32.1. The van der Waals surface area contributed by atoms with Crippen molar-refractivity contribution in [1.82, 2.24) is 4.98 Å². The molecule has 0 saturated heterocycles. The predicted octanol–water partition coefficient (Wildman–Crippen LogP) is 4.14. The zero-order valence-electron chi connectivity index (χ0n) is 12.6. The summed E-state index contributed by atoms with van der Waals surface area (Å²) >= 11 is 1.36. The molecule has 116 valence electrons. The number of benzene rings is 2. The van der Waals surface area contributed by atoms with Gasteiger partial charge in [-0.05, 0) is 17.7 Å². The summed E-state index contributed by atoms with van der Waals surface area (Å²) in [5, 5.41) is 11.4. The Morgan fingerprint density at radius 3 is 2.52 bits per heavy atom. The molecule has 0 radical (unpaired) electrons. The van der Waals surface area contributed by atoms with Crippen LogP contribution in [0.3, 0.4) is 0 Å². The van der Waals surface area contributed by atoms with Crippen LogP contribution >= 0.6 is 11.3 Å². The normalized spacial score (nSPS) is 10.5. The Bertz CT molecular complexity index is 815. The van der Waals surface area contributed by atoms with E-state index in [-0.39, 0.29) is 5.69 Å². The van der Waals surface area contributed by atoms with E-state index in [0.717, 1.165) is 28.4 Å². The maximum Gasteiger partial charge on any atom is 0.355 e. The highest BCUT2D eigenvalue weighted by Crippen LogP contribution is 2.28. The maximum atomic E-state index is 11.0. The van der Waals surface area contributed by atoms with E-state index in [1.807, 2.05) is 43.4 Å². The summed E-state index contributed by atoms with van der Waals surface area (Å²) in [5.41, 5.74) is 3.32. The van der Waals surface area contributed by atoms with Gasteiger partial charge in [0.2, 0.25) is 0 Å². The van der Waals surface area contributed by atoms with E-state index < -0.39 is 5.97 Å². The van der Waals surface area contributed by atoms with Gasteiger partial charge in [0.25, 0.3) is 0 Å². The van der Waals surface area contributed by atoms with Crippen LogP contribution in [0.5, 0.6) is 0 Å². The zero-order chi connectivity index (χ0) is 16.2. The van der Waals surface area contributed by atoms with Gasteiger partial charge in [-0.1, -0.05) is 42.5 Å². The molecule has 0 aliphatic heterocycles. The minimum atomic E-state index is -0.994. The van der Waals surface area contributed by atoms with Crippen LogP contribution in [0, 0.1) is 0 Å². The minimum Gasteiger partial charge on any atom is -0.476 e. The molecule has 2 aromatic carbocycles. The third kappa shape index (κ3) is 3.40. The molecule has 5 heteroatoms. The van der Waals surface area contributed by atoms with Crippen molar-refractivity contribution >= 4 is 23.0 Å². The number of hydrogen-bond acceptors (Lipinski definition) is 4. The van der Waals surface area contributed by atoms with E-state index in [1.165, 1.54) is 11.3 Å². The first-order valence-corrected chi connectivity index (χ1v) is 8.06. The zero-order valence-corrected chi connectivity index (χ0v) is 13.5. The van der Waals surface area contributed by atoms with E-state index in [2.05, 4.69) is 28.1 Å². The summed E-state index contributed by atoms with van der Waals surface area (Å²) in [6, 6.07) is 18.1. The van der Waals surface area contributed by atoms with Gasteiger partial charge in [0.05, 0.1) is 0 Å². The molecule has 0 bridgehead atoms. The Kier molecular flexibility index (Phi) is 4.39. The van der Waals surface area contributed by atoms with Crippen molar-refractivity contribution in [3.8, 4) is 10.6 Å². The molecule has 0 amide bonds. The van der Waals surface area contributed by atoms with Gasteiger partial charge in [-0.15, -0.1) is 11.3 Å². The summed E-state index contributed by atoms with van der Waals surface area (Å²) < 4.78 is 0. The molecular weight excluding hydrogens is 308 g/mol. The van der Waals surface area contributed by atoms with Crippen molar-refractivity contribution in [2.45, 2.75) is 6.54 Å². The van der Waals surface area contributed by atoms with E-state index in [4.69, 9.17) is 5.11 Å². The van der Waals surface area contributed by atoms with Gasteiger partial charge in [-0.3, -0.25) is 0 Å². The SMILES string of the molecule is CN(Cc1ccccc1-c1nc(C(=O)O)cs1)c1ccccc1. The Balaban J connectivity index is 1.90. The quantitative estimate of drug-likeness (QED) is 0.766. The number of nitrogens with zero attached hydrogens (tertiary/aromatic N) is 2. The van der Waals surface area contributed by atoms with E-state index >= 15 is 0 Å². The lowest BCUT2D eigenvalue weighted by molar-refractivity contribution is 0.0691. The predicted molar refractivity (Wildman–Crippen MR) is 93.1 cm³/mol. The molecule has 3 rings (SSSR count). The third-order valence-corrected chi connectivity index (χ3v) is 4.45. The summed E-state index contributed by atoms with van der Waals surface area (Å²) in [7, 11) is 2.04. The number of thiazole rings is 1. The number of hydrogen-bond donors (Lipinski definition) is 1. The standard InChI is InChI=1S/C18H16N2O2S/c1-20(14-8-3-2-4-9-14)11-13-7-5-6-10-15(13)17-19-16(12-23-17)18(21)22/h2-10,12H,11H2,1H3,(H,21,22). The highest BCUT2D eigenvalue weighted by Gasteiger charge is 2.13. The van der Waals surface area contributed by atoms with Crippen LogP contribution in [0.1, 0.15) is 16.1 Å². The van der Waals surface area contributed by atoms with Gasteiger partial charge in [-0.25, -0.2) is 9.78 Å². The topological polar surface area (TPSA) is 53.4 Å². The minimum absolute atomic E-state index is 0.0937. The third-order valence-electron chi connectivity index (χ3n) is 3.58. The Labute approximate surface area is 138 Å². The molecular formula is C18H16N2O2S. The van der Waals surface area contributed by atoms with Gasteiger partial charge in [0.1, 0.15) is 5.01 Å². The summed E-state index contributed by atoms with van der Waals surface area (Å²) in [6.07, 6.45) is 0. The second kappa shape index (κ2) is 6.62. The van der Waals surface area contributed by atoms with Crippen LogP contribution in [0.15, 0.2) is 60.0 Å². The van der Waals surface area contributed by atoms with Gasteiger partial charge < -0.3 is 10.0 Å². The molecule has 3 aromatic rings. The fourth-order valence-electron chi connectivity index (χ4n) is 2.39. The number of aromatic carboxylic acids is 1. The molecule has 0 aliphatic rings. The van der Waals surface area contributed by atoms with Crippen molar-refractivity contribution in [3.05, 3.63) is 71.2 Å². The average molecular weight is 324 g/mol. The van der Waals surface area contributed by atoms with Crippen molar-refractivity contribution in [3.63, 3.8) is 0 Å². The van der Waals surface area contributed by atoms with Crippen LogP contribution in [-0.2, 0) is 6.54 Å². The summed E-state index contributed by atoms with van der Waals surface area (Å²) in [5.74, 6) is -0.994. The van der Waals surface area contributed by atoms with E-state index in [9.17, 15) is 4.79 Å². The first-order valence-electron chi connectivity index (χ1n) is 7.18. The van der Waals surface area contributed by atoms with Gasteiger partial charge in [0, 0.05) is 30.2 Å². The number of aromatic nitrogens is 1. The first kappa shape index (κ1) is 15.2. The van der Waals surface area contributed by atoms with Crippen LogP contribution in [0.4, 0.5) is 5.69 Å². The van der Waals surface area contributed by atoms with E-state index in [1.54, 1.807) is 5.38 Å². The Morgan fingerprint density at radius 1 is 1.13 bits per heavy atom. The number of rotatable bonds is 5. The smallest absolute Gasteiger partial charge is 0.355 e. The van der Waals surface area contributed by atoms with Crippen LogP contribution < -0.4 is 4.90 Å². The van der Waals surface area contributed by atoms with Crippen molar-refractivity contribution < 1.29 is 9.90 Å². The maximum absolute atomic E-state index is 11.0. The number of carboxylic acids is 1. The van der Waals surface area contributed by atoms with Crippen molar-refractivity contribution in [2.24, 2.45) is 0 Å². The van der Waals surface area contributed by atoms with E-state index in [0.29, 0.717) is 0 Å². The molecule has 0 aliphatic carbocycles. The molecule has 23 heavy (non-hydrogen) atoms. The molecule has 0 fully saturated rings. The Morgan fingerprint density at radius 2 is 1.83 bits per heavy atom. The van der Waals surface area contributed by atoms with Gasteiger partial charge in [0.15, 0.2) is 5.69 Å². The van der Waals surface area contributed by atoms with Crippen LogP contribution in [0.2, 0.25) is 0 Å². The average Bonchev–Trinajstić information content (AvgIpc) is 3.06. The molecule has 0 saturated carbocycles. The Hall–Kier alpha value is -2.66. The molecule has 0 unspecified atom stereocenters. The molecule has 1 N–H and O–H groups in total. The van der Waals surface area contributed by atoms with Gasteiger partial charge in [-0.2, -0.15) is 0 Å². The second-order valence-electron chi connectivity index (χ2n) is 5.19. The van der Waals surface area contributed by atoms with Crippen molar-refractivity contribution in [2.75, 3.05) is 11.9 Å². The largest absolute Gasteiger partial charge is 0.476 e. The summed E-state index contributed by atoms with van der Waals surface area (Å²) in [6.45, 7) is 0.724. The monoisotopic (exact) mass is 324 g/mol. The highest BCUT2D eigenvalue weighted by molar-refractivity contribution is 7.13. The fraction of sp³-hybridized carbons (Fsp3) is 0.111. The second-order valence-corrected chi connectivity index (χ2v) is 6.05. The molecule has 0 atom stereocenters. The number of carboxylic acid groups (broad SMARTS) is 1. The molecule has 0 spiro atoms. The molecule has 4 nitrogen and oxygen atoms in total. The van der Waals surface area contributed by atoms with Crippen LogP contribution in [0.25, 0.3) is 10.6 Å². The van der Waals surface area contributed by atoms with Gasteiger partial charge >= 0.3 is 5.97 Å². The van der Waals surface area contributed by atoms with Crippen molar-refractivity contribution in [1.29, 1.82) is 0 Å². The summed E-state index contributed by atoms with van der Waals surface area (Å²) in [4.78, 5) is 17.4. The lowest BCUT2D eigenvalue weighted by Crippen LogP contribution is -2.16.